The van der Waals surface area contributed by atoms with Gasteiger partial charge in [-0.25, -0.2) is 4.79 Å². The molecular formula is C36H64N2O5. The van der Waals surface area contributed by atoms with E-state index in [4.69, 9.17) is 10.5 Å². The zero-order chi connectivity index (χ0) is 31.8. The highest BCUT2D eigenvalue weighted by molar-refractivity contribution is 5.83. The van der Waals surface area contributed by atoms with E-state index in [1.165, 1.54) is 25.7 Å². The van der Waals surface area contributed by atoms with E-state index >= 15 is 0 Å². The first kappa shape index (κ1) is 40.6. The van der Waals surface area contributed by atoms with Crippen LogP contribution in [-0.4, -0.2) is 41.6 Å². The molecule has 0 saturated carbocycles. The molecule has 0 heterocycles. The molecule has 0 aliphatic heterocycles. The van der Waals surface area contributed by atoms with Crippen molar-refractivity contribution in [3.63, 3.8) is 0 Å². The molecule has 0 spiro atoms. The summed E-state index contributed by atoms with van der Waals surface area (Å²) in [5.41, 5.74) is 5.45. The summed E-state index contributed by atoms with van der Waals surface area (Å²) in [7, 11) is 0. The third-order valence-corrected chi connectivity index (χ3v) is 7.47. The van der Waals surface area contributed by atoms with Crippen LogP contribution < -0.4 is 11.1 Å². The van der Waals surface area contributed by atoms with Crippen molar-refractivity contribution in [3.8, 4) is 0 Å². The first-order chi connectivity index (χ1) is 20.9. The van der Waals surface area contributed by atoms with Crippen LogP contribution in [0.3, 0.4) is 0 Å². The molecule has 0 radical (unpaired) electrons. The summed E-state index contributed by atoms with van der Waals surface area (Å²) in [6.07, 6.45) is 33.4. The Hall–Kier alpha value is -2.41. The van der Waals surface area contributed by atoms with Gasteiger partial charge in [-0.05, 0) is 90.0 Å². The number of nitrogens with one attached hydrogen (secondary N) is 1. The predicted molar refractivity (Wildman–Crippen MR) is 179 cm³/mol. The zero-order valence-corrected chi connectivity index (χ0v) is 27.5. The van der Waals surface area contributed by atoms with Crippen molar-refractivity contribution >= 4 is 17.8 Å². The minimum absolute atomic E-state index is 0.0234. The lowest BCUT2D eigenvalue weighted by molar-refractivity contribution is -0.150. The lowest BCUT2D eigenvalue weighted by Gasteiger charge is -2.18. The molecule has 7 nitrogen and oxygen atoms in total. The van der Waals surface area contributed by atoms with Crippen LogP contribution >= 0.6 is 0 Å². The number of nitrogens with two attached hydrogens (primary N) is 1. The predicted octanol–water partition coefficient (Wildman–Crippen LogP) is 8.72. The highest BCUT2D eigenvalue weighted by Crippen LogP contribution is 2.18. The Bertz CT molecular complexity index is 778. The molecule has 7 heteroatoms. The van der Waals surface area contributed by atoms with Gasteiger partial charge in [0.05, 0.1) is 0 Å². The number of unbranched alkanes of at least 4 members (excludes halogenated alkanes) is 10. The lowest BCUT2D eigenvalue weighted by atomic mass is 10.0. The van der Waals surface area contributed by atoms with Gasteiger partial charge < -0.3 is 20.9 Å². The molecule has 0 aliphatic rings. The molecule has 2 unspecified atom stereocenters. The van der Waals surface area contributed by atoms with E-state index in [2.05, 4.69) is 55.6 Å². The van der Waals surface area contributed by atoms with Crippen molar-refractivity contribution in [2.45, 2.75) is 167 Å². The molecule has 0 aliphatic carbocycles. The zero-order valence-electron chi connectivity index (χ0n) is 27.5. The standard InChI is InChI=1S/C36H64N2O5/c1-3-5-7-9-10-11-12-13-14-15-16-18-24-30-35(40)43-32(26-21-17-8-6-4-2)27-22-19-20-23-29-34(39)38-33(36(41)42)28-25-31-37/h5,7,10-11,13-14,32-33H,3-4,6,8-9,12,15-31,37H2,1-2H3,(H,38,39)(H,41,42)/b7-5-,11-10-,14-13-. The largest absolute Gasteiger partial charge is 0.480 e. The number of carboxylic acid groups (broad SMARTS) is 1. The highest BCUT2D eigenvalue weighted by atomic mass is 16.5. The van der Waals surface area contributed by atoms with Gasteiger partial charge in [0.25, 0.3) is 0 Å². The summed E-state index contributed by atoms with van der Waals surface area (Å²) < 4.78 is 5.91. The molecule has 0 aromatic carbocycles. The van der Waals surface area contributed by atoms with E-state index < -0.39 is 12.0 Å². The number of amides is 1. The maximum Gasteiger partial charge on any atom is 0.326 e. The second-order valence-electron chi connectivity index (χ2n) is 11.6. The smallest absolute Gasteiger partial charge is 0.326 e. The normalized spacial score (nSPS) is 13.2. The molecule has 0 saturated heterocycles. The van der Waals surface area contributed by atoms with E-state index in [-0.39, 0.29) is 18.0 Å². The molecule has 0 rings (SSSR count). The van der Waals surface area contributed by atoms with Gasteiger partial charge in [0.2, 0.25) is 5.91 Å². The summed E-state index contributed by atoms with van der Waals surface area (Å²) in [6, 6.07) is -0.865. The van der Waals surface area contributed by atoms with Crippen LogP contribution in [0, 0.1) is 0 Å². The van der Waals surface area contributed by atoms with Crippen LogP contribution in [0.5, 0.6) is 0 Å². The van der Waals surface area contributed by atoms with Crippen molar-refractivity contribution in [2.24, 2.45) is 5.73 Å². The number of ether oxygens (including phenoxy) is 1. The number of carbonyl (C=O) groups excluding carboxylic acids is 2. The van der Waals surface area contributed by atoms with Crippen molar-refractivity contribution in [1.29, 1.82) is 0 Å². The second kappa shape index (κ2) is 31.0. The molecule has 0 fully saturated rings. The van der Waals surface area contributed by atoms with E-state index in [0.29, 0.717) is 32.2 Å². The third-order valence-electron chi connectivity index (χ3n) is 7.47. The summed E-state index contributed by atoms with van der Waals surface area (Å²) in [5.74, 6) is -1.31. The van der Waals surface area contributed by atoms with Crippen LogP contribution in [0.1, 0.15) is 155 Å². The van der Waals surface area contributed by atoms with Crippen LogP contribution in [-0.2, 0) is 19.1 Å². The summed E-state index contributed by atoms with van der Waals surface area (Å²) in [6.45, 7) is 4.76. The van der Waals surface area contributed by atoms with Gasteiger partial charge in [0.15, 0.2) is 0 Å². The molecule has 248 valence electrons. The van der Waals surface area contributed by atoms with Crippen molar-refractivity contribution in [3.05, 3.63) is 36.5 Å². The molecule has 0 aromatic heterocycles. The number of aliphatic carboxylic acids is 1. The molecule has 2 atom stereocenters. The minimum Gasteiger partial charge on any atom is -0.480 e. The third kappa shape index (κ3) is 28.1. The van der Waals surface area contributed by atoms with E-state index in [0.717, 1.165) is 89.9 Å². The van der Waals surface area contributed by atoms with Gasteiger partial charge in [0.1, 0.15) is 12.1 Å². The fourth-order valence-electron chi connectivity index (χ4n) is 4.87. The lowest BCUT2D eigenvalue weighted by Crippen LogP contribution is -2.40. The summed E-state index contributed by atoms with van der Waals surface area (Å²) in [4.78, 5) is 36.0. The Morgan fingerprint density at radius 1 is 0.698 bits per heavy atom. The molecule has 1 amide bonds. The maximum absolute atomic E-state index is 12.6. The number of carbonyl (C=O) groups is 3. The number of carboxylic acids is 1. The van der Waals surface area contributed by atoms with Gasteiger partial charge in [-0.15, -0.1) is 0 Å². The second-order valence-corrected chi connectivity index (χ2v) is 11.6. The van der Waals surface area contributed by atoms with Gasteiger partial charge in [0, 0.05) is 12.8 Å². The van der Waals surface area contributed by atoms with Crippen LogP contribution in [0.4, 0.5) is 0 Å². The Kier molecular flexibility index (Phi) is 29.3. The fraction of sp³-hybridized carbons (Fsp3) is 0.750. The SMILES string of the molecule is CC/C=C\C/C=C\C/C=C\CCCCCC(=O)OC(CCCCCCC)CCCCCCC(=O)NC(CCCN)C(=O)O. The van der Waals surface area contributed by atoms with Crippen LogP contribution in [0.2, 0.25) is 0 Å². The fourth-order valence-corrected chi connectivity index (χ4v) is 4.87. The first-order valence-electron chi connectivity index (χ1n) is 17.3. The van der Waals surface area contributed by atoms with Crippen LogP contribution in [0.25, 0.3) is 0 Å². The van der Waals surface area contributed by atoms with Crippen molar-refractivity contribution in [2.75, 3.05) is 6.54 Å². The maximum atomic E-state index is 12.6. The first-order valence-corrected chi connectivity index (χ1v) is 17.3. The number of allylic oxidation sites excluding steroid dienone is 6. The topological polar surface area (TPSA) is 119 Å². The number of hydrogen-bond acceptors (Lipinski definition) is 5. The van der Waals surface area contributed by atoms with Gasteiger partial charge in [-0.1, -0.05) is 95.2 Å². The average molecular weight is 605 g/mol. The number of hydrogen-bond donors (Lipinski definition) is 3. The Labute approximate surface area is 263 Å². The van der Waals surface area contributed by atoms with Crippen LogP contribution in [0.15, 0.2) is 36.5 Å². The molecule has 43 heavy (non-hydrogen) atoms. The highest BCUT2D eigenvalue weighted by Gasteiger charge is 2.19. The summed E-state index contributed by atoms with van der Waals surface area (Å²) >= 11 is 0. The average Bonchev–Trinajstić information content (AvgIpc) is 2.98. The Morgan fingerprint density at radius 2 is 1.28 bits per heavy atom. The van der Waals surface area contributed by atoms with Crippen molar-refractivity contribution in [1.82, 2.24) is 5.32 Å². The van der Waals surface area contributed by atoms with E-state index in [1.807, 2.05) is 0 Å². The van der Waals surface area contributed by atoms with Gasteiger partial charge >= 0.3 is 11.9 Å². The van der Waals surface area contributed by atoms with Gasteiger partial charge in [-0.3, -0.25) is 9.59 Å². The Morgan fingerprint density at radius 3 is 1.91 bits per heavy atom. The van der Waals surface area contributed by atoms with Gasteiger partial charge in [-0.2, -0.15) is 0 Å². The molecular weight excluding hydrogens is 540 g/mol. The monoisotopic (exact) mass is 604 g/mol. The summed E-state index contributed by atoms with van der Waals surface area (Å²) in [5, 5.41) is 11.9. The van der Waals surface area contributed by atoms with Crippen molar-refractivity contribution < 1.29 is 24.2 Å². The van der Waals surface area contributed by atoms with E-state index in [9.17, 15) is 19.5 Å². The molecule has 0 bridgehead atoms. The van der Waals surface area contributed by atoms with E-state index in [1.54, 1.807) is 0 Å². The minimum atomic E-state index is -1.01. The number of esters is 1. The number of rotatable bonds is 30. The molecule has 4 N–H and O–H groups in total. The quantitative estimate of drug-likeness (QED) is 0.0429. The molecule has 0 aromatic rings. The Balaban J connectivity index is 4.23.